The Bertz CT molecular complexity index is 412. The van der Waals surface area contributed by atoms with Crippen LogP contribution in [0.25, 0.3) is 6.08 Å². The zero-order chi connectivity index (χ0) is 12.7. The Kier molecular flexibility index (Phi) is 5.59. The molecule has 0 bridgehead atoms. The van der Waals surface area contributed by atoms with Crippen molar-refractivity contribution >= 4 is 23.3 Å². The number of nitrogens with zero attached hydrogens (tertiary/aromatic N) is 2. The molecule has 92 valence electrons. The molecule has 1 aromatic rings. The molecule has 0 saturated carbocycles. The third-order valence-electron chi connectivity index (χ3n) is 2.06. The third kappa shape index (κ3) is 4.50. The van der Waals surface area contributed by atoms with Gasteiger partial charge in [-0.2, -0.15) is 0 Å². The van der Waals surface area contributed by atoms with Gasteiger partial charge in [-0.25, -0.2) is 4.98 Å². The molecule has 0 atom stereocenters. The standard InChI is InChI=1S/C12H16N2O2S/c1-3-6-14(7-8-15)12(16)5-4-11-9-17-10(2)13-11/h3-5,9,15H,1,6-8H2,2H3/b5-4+. The Morgan fingerprint density at radius 2 is 2.47 bits per heavy atom. The highest BCUT2D eigenvalue weighted by molar-refractivity contribution is 7.09. The summed E-state index contributed by atoms with van der Waals surface area (Å²) in [7, 11) is 0. The van der Waals surface area contributed by atoms with E-state index in [2.05, 4.69) is 11.6 Å². The molecule has 0 aliphatic heterocycles. The van der Waals surface area contributed by atoms with E-state index in [-0.39, 0.29) is 12.5 Å². The first-order valence-electron chi connectivity index (χ1n) is 5.28. The van der Waals surface area contributed by atoms with Crippen LogP contribution in [0.15, 0.2) is 24.1 Å². The maximum absolute atomic E-state index is 11.8. The number of thiazole rings is 1. The summed E-state index contributed by atoms with van der Waals surface area (Å²) < 4.78 is 0. The van der Waals surface area contributed by atoms with E-state index in [9.17, 15) is 4.79 Å². The highest BCUT2D eigenvalue weighted by atomic mass is 32.1. The Morgan fingerprint density at radius 1 is 1.71 bits per heavy atom. The van der Waals surface area contributed by atoms with Crippen molar-refractivity contribution in [2.75, 3.05) is 19.7 Å². The van der Waals surface area contributed by atoms with Gasteiger partial charge in [0.05, 0.1) is 17.3 Å². The molecule has 17 heavy (non-hydrogen) atoms. The first-order valence-corrected chi connectivity index (χ1v) is 6.16. The van der Waals surface area contributed by atoms with E-state index in [0.717, 1.165) is 10.7 Å². The maximum Gasteiger partial charge on any atom is 0.246 e. The molecule has 1 rings (SSSR count). The van der Waals surface area contributed by atoms with Crippen molar-refractivity contribution in [1.29, 1.82) is 0 Å². The van der Waals surface area contributed by atoms with Crippen molar-refractivity contribution in [1.82, 2.24) is 9.88 Å². The van der Waals surface area contributed by atoms with Crippen LogP contribution in [-0.4, -0.2) is 40.6 Å². The minimum absolute atomic E-state index is 0.0524. The van der Waals surface area contributed by atoms with Gasteiger partial charge < -0.3 is 10.0 Å². The number of hydrogen-bond donors (Lipinski definition) is 1. The summed E-state index contributed by atoms with van der Waals surface area (Å²) in [5.41, 5.74) is 0.781. The lowest BCUT2D eigenvalue weighted by Gasteiger charge is -2.17. The first kappa shape index (κ1) is 13.6. The summed E-state index contributed by atoms with van der Waals surface area (Å²) in [5, 5.41) is 11.7. The van der Waals surface area contributed by atoms with E-state index in [1.165, 1.54) is 11.0 Å². The van der Waals surface area contributed by atoms with E-state index >= 15 is 0 Å². The molecule has 0 spiro atoms. The van der Waals surface area contributed by atoms with Crippen LogP contribution in [0.5, 0.6) is 0 Å². The van der Waals surface area contributed by atoms with Crippen molar-refractivity contribution in [2.24, 2.45) is 0 Å². The minimum Gasteiger partial charge on any atom is -0.395 e. The second-order valence-electron chi connectivity index (χ2n) is 3.42. The largest absolute Gasteiger partial charge is 0.395 e. The minimum atomic E-state index is -0.149. The summed E-state index contributed by atoms with van der Waals surface area (Å²) in [6.07, 6.45) is 4.78. The summed E-state index contributed by atoms with van der Waals surface area (Å²) >= 11 is 1.54. The molecule has 0 aliphatic carbocycles. The molecular weight excluding hydrogens is 236 g/mol. The third-order valence-corrected chi connectivity index (χ3v) is 2.86. The highest BCUT2D eigenvalue weighted by Gasteiger charge is 2.07. The molecular formula is C12H16N2O2S. The van der Waals surface area contributed by atoms with Gasteiger partial charge in [0.15, 0.2) is 0 Å². The number of amides is 1. The Balaban J connectivity index is 2.62. The number of carbonyl (C=O) groups excluding carboxylic acids is 1. The van der Waals surface area contributed by atoms with E-state index in [1.807, 2.05) is 12.3 Å². The van der Waals surface area contributed by atoms with Crippen molar-refractivity contribution in [3.05, 3.63) is 34.8 Å². The van der Waals surface area contributed by atoms with Crippen LogP contribution < -0.4 is 0 Å². The van der Waals surface area contributed by atoms with Crippen LogP contribution in [0.3, 0.4) is 0 Å². The molecule has 1 heterocycles. The molecule has 0 saturated heterocycles. The van der Waals surface area contributed by atoms with Crippen molar-refractivity contribution < 1.29 is 9.90 Å². The van der Waals surface area contributed by atoms with Gasteiger partial charge in [-0.3, -0.25) is 4.79 Å². The van der Waals surface area contributed by atoms with Crippen LogP contribution in [0, 0.1) is 6.92 Å². The van der Waals surface area contributed by atoms with E-state index in [1.54, 1.807) is 23.5 Å². The number of aryl methyl sites for hydroxylation is 1. The number of rotatable bonds is 6. The normalized spacial score (nSPS) is 10.7. The van der Waals surface area contributed by atoms with Gasteiger partial charge in [-0.15, -0.1) is 17.9 Å². The zero-order valence-electron chi connectivity index (χ0n) is 9.80. The van der Waals surface area contributed by atoms with Crippen LogP contribution in [0.4, 0.5) is 0 Å². The monoisotopic (exact) mass is 252 g/mol. The SMILES string of the molecule is C=CCN(CCO)C(=O)/C=C/c1csc(C)n1. The highest BCUT2D eigenvalue weighted by Crippen LogP contribution is 2.09. The molecule has 0 unspecified atom stereocenters. The van der Waals surface area contributed by atoms with Gasteiger partial charge in [-0.05, 0) is 13.0 Å². The molecule has 1 amide bonds. The van der Waals surface area contributed by atoms with Gasteiger partial charge in [0.25, 0.3) is 0 Å². The number of aromatic nitrogens is 1. The van der Waals surface area contributed by atoms with Gasteiger partial charge in [0.1, 0.15) is 0 Å². The van der Waals surface area contributed by atoms with Crippen LogP contribution in [-0.2, 0) is 4.79 Å². The molecule has 5 heteroatoms. The summed E-state index contributed by atoms with van der Waals surface area (Å²) in [6, 6.07) is 0. The molecule has 0 radical (unpaired) electrons. The maximum atomic E-state index is 11.8. The fraction of sp³-hybridized carbons (Fsp3) is 0.333. The lowest BCUT2D eigenvalue weighted by Crippen LogP contribution is -2.32. The Labute approximate surface area is 105 Å². The summed E-state index contributed by atoms with van der Waals surface area (Å²) in [5.74, 6) is -0.149. The molecule has 0 aromatic carbocycles. The molecule has 1 aromatic heterocycles. The van der Waals surface area contributed by atoms with Crippen LogP contribution in [0.2, 0.25) is 0 Å². The molecule has 0 aliphatic rings. The molecule has 1 N–H and O–H groups in total. The van der Waals surface area contributed by atoms with Crippen LogP contribution in [0.1, 0.15) is 10.7 Å². The Hall–Kier alpha value is -1.46. The summed E-state index contributed by atoms with van der Waals surface area (Å²) in [4.78, 5) is 17.5. The summed E-state index contributed by atoms with van der Waals surface area (Å²) in [6.45, 7) is 6.18. The van der Waals surface area contributed by atoms with Crippen molar-refractivity contribution in [2.45, 2.75) is 6.92 Å². The lowest BCUT2D eigenvalue weighted by atomic mass is 10.3. The van der Waals surface area contributed by atoms with Gasteiger partial charge in [0.2, 0.25) is 5.91 Å². The fourth-order valence-corrected chi connectivity index (χ4v) is 1.87. The lowest BCUT2D eigenvalue weighted by molar-refractivity contribution is -0.125. The zero-order valence-corrected chi connectivity index (χ0v) is 10.6. The molecule has 0 fully saturated rings. The average molecular weight is 252 g/mol. The van der Waals surface area contributed by atoms with E-state index in [4.69, 9.17) is 5.11 Å². The van der Waals surface area contributed by atoms with Crippen molar-refractivity contribution in [3.63, 3.8) is 0 Å². The predicted octanol–water partition coefficient (Wildman–Crippen LogP) is 1.47. The predicted molar refractivity (Wildman–Crippen MR) is 69.7 cm³/mol. The average Bonchev–Trinajstić information content (AvgIpc) is 2.72. The second kappa shape index (κ2) is 6.98. The number of aliphatic hydroxyl groups excluding tert-OH is 1. The van der Waals surface area contributed by atoms with Gasteiger partial charge in [0, 0.05) is 24.5 Å². The van der Waals surface area contributed by atoms with Crippen LogP contribution >= 0.6 is 11.3 Å². The fourth-order valence-electron chi connectivity index (χ4n) is 1.29. The van der Waals surface area contributed by atoms with E-state index < -0.39 is 0 Å². The smallest absolute Gasteiger partial charge is 0.246 e. The number of aliphatic hydroxyl groups is 1. The molecule has 4 nitrogen and oxygen atoms in total. The quantitative estimate of drug-likeness (QED) is 0.616. The van der Waals surface area contributed by atoms with Gasteiger partial charge >= 0.3 is 0 Å². The Morgan fingerprint density at radius 3 is 3.00 bits per heavy atom. The van der Waals surface area contributed by atoms with Gasteiger partial charge in [-0.1, -0.05) is 6.08 Å². The first-order chi connectivity index (χ1) is 8.17. The van der Waals surface area contributed by atoms with E-state index in [0.29, 0.717) is 13.1 Å². The number of hydrogen-bond acceptors (Lipinski definition) is 4. The van der Waals surface area contributed by atoms with Crippen molar-refractivity contribution in [3.8, 4) is 0 Å². The number of carbonyl (C=O) groups is 1. The second-order valence-corrected chi connectivity index (χ2v) is 4.48. The topological polar surface area (TPSA) is 53.4 Å².